The molecule has 0 N–H and O–H groups in total. The van der Waals surface area contributed by atoms with Crippen LogP contribution in [0.15, 0.2) is 53.4 Å². The average molecular weight is 465 g/mol. The molecule has 3 aromatic rings. The predicted octanol–water partition coefficient (Wildman–Crippen LogP) is 5.24. The van der Waals surface area contributed by atoms with Crippen LogP contribution in [0.3, 0.4) is 0 Å². The molecule has 0 atom stereocenters. The minimum atomic E-state index is -0.360. The zero-order valence-corrected chi connectivity index (χ0v) is 18.9. The Morgan fingerprint density at radius 2 is 1.73 bits per heavy atom. The molecule has 6 nitrogen and oxygen atoms in total. The van der Waals surface area contributed by atoms with Crippen LogP contribution in [0.5, 0.6) is 11.5 Å². The van der Waals surface area contributed by atoms with Crippen LogP contribution in [0.1, 0.15) is 22.5 Å². The Morgan fingerprint density at radius 3 is 2.48 bits per heavy atom. The maximum atomic E-state index is 13.2. The van der Waals surface area contributed by atoms with Gasteiger partial charge in [0.2, 0.25) is 0 Å². The number of ether oxygens (including phenoxy) is 2. The summed E-state index contributed by atoms with van der Waals surface area (Å²) >= 11 is 0.916. The molecule has 2 aromatic carbocycles. The Labute approximate surface area is 194 Å². The van der Waals surface area contributed by atoms with Crippen LogP contribution < -0.4 is 9.47 Å². The molecule has 0 radical (unpaired) electrons. The van der Waals surface area contributed by atoms with E-state index in [1.54, 1.807) is 18.2 Å². The highest BCUT2D eigenvalue weighted by molar-refractivity contribution is 8.18. The number of hydrogen-bond donors (Lipinski definition) is 0. The van der Waals surface area contributed by atoms with E-state index in [0.717, 1.165) is 40.2 Å². The summed E-state index contributed by atoms with van der Waals surface area (Å²) in [7, 11) is 0. The van der Waals surface area contributed by atoms with E-state index < -0.39 is 0 Å². The quantitative estimate of drug-likeness (QED) is 0.494. The van der Waals surface area contributed by atoms with Gasteiger partial charge in [-0.05, 0) is 73.1 Å². The number of imide groups is 1. The standard InChI is InChI=1S/C25H21FN2O4S/c1-15-11-18(16(2)28(15)20-7-8-21-22(13-20)32-10-9-31-21)12-23-24(29)27(25(30)33-23)14-17-3-5-19(26)6-4-17/h3-8,11-13H,9-10,14H2,1-2H3/b23-12-. The number of aromatic nitrogens is 1. The maximum absolute atomic E-state index is 13.2. The zero-order chi connectivity index (χ0) is 23.1. The fourth-order valence-electron chi connectivity index (χ4n) is 4.05. The lowest BCUT2D eigenvalue weighted by molar-refractivity contribution is -0.123. The van der Waals surface area contributed by atoms with Crippen LogP contribution in [0.4, 0.5) is 9.18 Å². The van der Waals surface area contributed by atoms with Gasteiger partial charge in [-0.15, -0.1) is 0 Å². The highest BCUT2D eigenvalue weighted by atomic mass is 32.2. The molecule has 1 saturated heterocycles. The van der Waals surface area contributed by atoms with Crippen molar-refractivity contribution in [2.75, 3.05) is 13.2 Å². The van der Waals surface area contributed by atoms with Crippen molar-refractivity contribution < 1.29 is 23.5 Å². The average Bonchev–Trinajstić information content (AvgIpc) is 3.24. The van der Waals surface area contributed by atoms with Crippen LogP contribution in [-0.4, -0.2) is 33.8 Å². The first-order chi connectivity index (χ1) is 15.9. The molecule has 2 amide bonds. The van der Waals surface area contributed by atoms with Crippen LogP contribution in [-0.2, 0) is 11.3 Å². The van der Waals surface area contributed by atoms with Crippen LogP contribution in [0, 0.1) is 19.7 Å². The molecule has 2 aliphatic rings. The van der Waals surface area contributed by atoms with Gasteiger partial charge in [0.25, 0.3) is 11.1 Å². The van der Waals surface area contributed by atoms with Gasteiger partial charge in [0.05, 0.1) is 11.4 Å². The number of thioether (sulfide) groups is 1. The smallest absolute Gasteiger partial charge is 0.293 e. The second-order valence-corrected chi connectivity index (χ2v) is 8.88. The molecule has 0 unspecified atom stereocenters. The Balaban J connectivity index is 1.42. The fraction of sp³-hybridized carbons (Fsp3) is 0.200. The number of halogens is 1. The molecule has 0 aliphatic carbocycles. The molecule has 168 valence electrons. The van der Waals surface area contributed by atoms with Gasteiger partial charge in [-0.3, -0.25) is 14.5 Å². The van der Waals surface area contributed by atoms with Gasteiger partial charge in [-0.2, -0.15) is 0 Å². The molecule has 0 saturated carbocycles. The third-order valence-electron chi connectivity index (χ3n) is 5.67. The summed E-state index contributed by atoms with van der Waals surface area (Å²) in [6.07, 6.45) is 1.76. The highest BCUT2D eigenvalue weighted by Gasteiger charge is 2.35. The minimum Gasteiger partial charge on any atom is -0.486 e. The summed E-state index contributed by atoms with van der Waals surface area (Å²) in [4.78, 5) is 27.0. The van der Waals surface area contributed by atoms with E-state index in [4.69, 9.17) is 9.47 Å². The van der Waals surface area contributed by atoms with E-state index in [1.165, 1.54) is 17.0 Å². The molecule has 2 aliphatic heterocycles. The van der Waals surface area contributed by atoms with Crippen molar-refractivity contribution in [3.63, 3.8) is 0 Å². The summed E-state index contributed by atoms with van der Waals surface area (Å²) in [6, 6.07) is 13.6. The molecular formula is C25H21FN2O4S. The lowest BCUT2D eigenvalue weighted by Gasteiger charge is -2.20. The molecular weight excluding hydrogens is 443 g/mol. The lowest BCUT2D eigenvalue weighted by Crippen LogP contribution is -2.27. The van der Waals surface area contributed by atoms with Gasteiger partial charge in [-0.25, -0.2) is 4.39 Å². The molecule has 1 fully saturated rings. The summed E-state index contributed by atoms with van der Waals surface area (Å²) in [5.74, 6) is 0.719. The number of carbonyl (C=O) groups excluding carboxylic acids is 2. The van der Waals surface area contributed by atoms with Crippen molar-refractivity contribution in [2.24, 2.45) is 0 Å². The van der Waals surface area contributed by atoms with Crippen molar-refractivity contribution >= 4 is 29.0 Å². The van der Waals surface area contributed by atoms with Crippen molar-refractivity contribution in [1.82, 2.24) is 9.47 Å². The lowest BCUT2D eigenvalue weighted by atomic mass is 10.2. The van der Waals surface area contributed by atoms with Crippen molar-refractivity contribution in [3.05, 3.63) is 81.8 Å². The number of rotatable bonds is 4. The molecule has 0 bridgehead atoms. The van der Waals surface area contributed by atoms with E-state index in [0.29, 0.717) is 29.4 Å². The van der Waals surface area contributed by atoms with E-state index in [1.807, 2.05) is 38.1 Å². The van der Waals surface area contributed by atoms with E-state index in [9.17, 15) is 14.0 Å². The molecule has 1 aromatic heterocycles. The monoisotopic (exact) mass is 464 g/mol. The number of aryl methyl sites for hydroxylation is 1. The van der Waals surface area contributed by atoms with Crippen molar-refractivity contribution in [1.29, 1.82) is 0 Å². The number of nitrogens with zero attached hydrogens (tertiary/aromatic N) is 2. The minimum absolute atomic E-state index is 0.110. The van der Waals surface area contributed by atoms with Gasteiger partial charge >= 0.3 is 0 Å². The third kappa shape index (κ3) is 4.02. The van der Waals surface area contributed by atoms with Gasteiger partial charge in [-0.1, -0.05) is 12.1 Å². The largest absolute Gasteiger partial charge is 0.486 e. The topological polar surface area (TPSA) is 60.8 Å². The van der Waals surface area contributed by atoms with Gasteiger partial charge in [0.1, 0.15) is 19.0 Å². The SMILES string of the molecule is Cc1cc(/C=C2\SC(=O)N(Cc3ccc(F)cc3)C2=O)c(C)n1-c1ccc2c(c1)OCCO2. The Kier molecular flexibility index (Phi) is 5.46. The van der Waals surface area contributed by atoms with Crippen molar-refractivity contribution in [3.8, 4) is 17.2 Å². The van der Waals surface area contributed by atoms with Crippen LogP contribution >= 0.6 is 11.8 Å². The fourth-order valence-corrected chi connectivity index (χ4v) is 4.88. The van der Waals surface area contributed by atoms with Gasteiger partial charge in [0.15, 0.2) is 11.5 Å². The number of hydrogen-bond acceptors (Lipinski definition) is 5. The van der Waals surface area contributed by atoms with E-state index in [2.05, 4.69) is 4.57 Å². The number of fused-ring (bicyclic) bond motifs is 1. The zero-order valence-electron chi connectivity index (χ0n) is 18.1. The molecule has 5 rings (SSSR count). The molecule has 33 heavy (non-hydrogen) atoms. The third-order valence-corrected chi connectivity index (χ3v) is 6.58. The second kappa shape index (κ2) is 8.44. The van der Waals surface area contributed by atoms with Gasteiger partial charge in [0, 0.05) is 23.1 Å². The predicted molar refractivity (Wildman–Crippen MR) is 124 cm³/mol. The Morgan fingerprint density at radius 1 is 1.00 bits per heavy atom. The second-order valence-electron chi connectivity index (χ2n) is 7.88. The summed E-state index contributed by atoms with van der Waals surface area (Å²) < 4.78 is 26.6. The molecule has 0 spiro atoms. The summed E-state index contributed by atoms with van der Waals surface area (Å²) in [5, 5.41) is -0.337. The number of carbonyl (C=O) groups is 2. The molecule has 3 heterocycles. The van der Waals surface area contributed by atoms with E-state index in [-0.39, 0.29) is 23.5 Å². The maximum Gasteiger partial charge on any atom is 0.293 e. The van der Waals surface area contributed by atoms with Crippen molar-refractivity contribution in [2.45, 2.75) is 20.4 Å². The highest BCUT2D eigenvalue weighted by Crippen LogP contribution is 2.36. The Hall–Kier alpha value is -3.52. The first-order valence-electron chi connectivity index (χ1n) is 10.5. The Bertz CT molecular complexity index is 1300. The molecule has 8 heteroatoms. The number of amides is 2. The first-order valence-corrected chi connectivity index (χ1v) is 11.3. The van der Waals surface area contributed by atoms with Gasteiger partial charge < -0.3 is 14.0 Å². The first kappa shape index (κ1) is 21.3. The van der Waals surface area contributed by atoms with Crippen LogP contribution in [0.2, 0.25) is 0 Å². The van der Waals surface area contributed by atoms with Crippen LogP contribution in [0.25, 0.3) is 11.8 Å². The number of benzene rings is 2. The normalized spacial score (nSPS) is 16.7. The van der Waals surface area contributed by atoms with E-state index >= 15 is 0 Å². The summed E-state index contributed by atoms with van der Waals surface area (Å²) in [6.45, 7) is 5.12. The summed E-state index contributed by atoms with van der Waals surface area (Å²) in [5.41, 5.74) is 4.40.